The molecule has 0 unspecified atom stereocenters. The zero-order valence-corrected chi connectivity index (χ0v) is 10.8. The third-order valence-corrected chi connectivity index (χ3v) is 3.78. The number of hydrogen-bond acceptors (Lipinski definition) is 3. The van der Waals surface area contributed by atoms with Gasteiger partial charge in [0.1, 0.15) is 0 Å². The van der Waals surface area contributed by atoms with Gasteiger partial charge in [-0.15, -0.1) is 0 Å². The molecule has 2 N–H and O–H groups in total. The van der Waals surface area contributed by atoms with E-state index in [1.54, 1.807) is 0 Å². The van der Waals surface area contributed by atoms with Gasteiger partial charge in [-0.25, -0.2) is 0 Å². The van der Waals surface area contributed by atoms with Crippen LogP contribution in [0.15, 0.2) is 12.1 Å². The van der Waals surface area contributed by atoms with E-state index in [1.165, 1.54) is 16.8 Å². The molecule has 1 aromatic rings. The Balaban J connectivity index is 2.00. The van der Waals surface area contributed by atoms with Crippen molar-refractivity contribution in [2.45, 2.75) is 26.3 Å². The summed E-state index contributed by atoms with van der Waals surface area (Å²) < 4.78 is 0. The minimum absolute atomic E-state index is 0.0939. The van der Waals surface area contributed by atoms with Crippen LogP contribution in [0.5, 0.6) is 0 Å². The Morgan fingerprint density at radius 2 is 2.33 bits per heavy atom. The highest BCUT2D eigenvalue weighted by Crippen LogP contribution is 2.37. The first-order valence-corrected chi connectivity index (χ1v) is 6.70. The average molecular weight is 245 g/mol. The third-order valence-electron chi connectivity index (χ3n) is 3.78. The Morgan fingerprint density at radius 1 is 1.44 bits per heavy atom. The highest BCUT2D eigenvalue weighted by molar-refractivity contribution is 5.93. The second-order valence-corrected chi connectivity index (χ2v) is 4.91. The lowest BCUT2D eigenvalue weighted by atomic mass is 10.0. The van der Waals surface area contributed by atoms with Gasteiger partial charge in [0.05, 0.1) is 0 Å². The fourth-order valence-electron chi connectivity index (χ4n) is 2.85. The molecule has 0 aliphatic carbocycles. The number of nitrogens with zero attached hydrogens (tertiary/aromatic N) is 1. The van der Waals surface area contributed by atoms with Crippen LogP contribution in [0.2, 0.25) is 0 Å². The predicted molar refractivity (Wildman–Crippen MR) is 73.0 cm³/mol. The lowest BCUT2D eigenvalue weighted by Gasteiger charge is -2.19. The van der Waals surface area contributed by atoms with Crippen LogP contribution < -0.4 is 15.5 Å². The summed E-state index contributed by atoms with van der Waals surface area (Å²) in [5, 5.41) is 6.46. The van der Waals surface area contributed by atoms with Crippen molar-refractivity contribution in [1.29, 1.82) is 0 Å². The quantitative estimate of drug-likeness (QED) is 0.830. The summed E-state index contributed by atoms with van der Waals surface area (Å²) in [7, 11) is 0. The van der Waals surface area contributed by atoms with E-state index in [0.717, 1.165) is 38.3 Å². The normalized spacial score (nSPS) is 17.3. The smallest absolute Gasteiger partial charge is 0.224 e. The molecule has 0 bridgehead atoms. The zero-order valence-electron chi connectivity index (χ0n) is 10.8. The standard InChI is InChI=1S/C14H19N3O/c1-2-13(18)16-12-4-3-10-9-15-6-8-17-7-5-11(12)14(10)17/h3-4,15H,2,5-9H2,1H3,(H,16,18). The molecule has 0 fully saturated rings. The molecule has 2 aliphatic rings. The van der Waals surface area contributed by atoms with Crippen molar-refractivity contribution in [3.05, 3.63) is 23.3 Å². The summed E-state index contributed by atoms with van der Waals surface area (Å²) in [6.45, 7) is 5.98. The van der Waals surface area contributed by atoms with Crippen molar-refractivity contribution < 1.29 is 4.79 Å². The number of carbonyl (C=O) groups is 1. The molecular formula is C14H19N3O. The molecule has 0 atom stereocenters. The van der Waals surface area contributed by atoms with Crippen molar-refractivity contribution in [1.82, 2.24) is 5.32 Å². The van der Waals surface area contributed by atoms with E-state index in [9.17, 15) is 4.79 Å². The number of amides is 1. The van der Waals surface area contributed by atoms with Gasteiger partial charge in [0.2, 0.25) is 5.91 Å². The molecule has 0 aromatic heterocycles. The van der Waals surface area contributed by atoms with Gasteiger partial charge in [0, 0.05) is 49.5 Å². The van der Waals surface area contributed by atoms with Crippen molar-refractivity contribution >= 4 is 17.3 Å². The summed E-state index contributed by atoms with van der Waals surface area (Å²) in [4.78, 5) is 14.0. The van der Waals surface area contributed by atoms with Crippen LogP contribution in [0.25, 0.3) is 0 Å². The maximum absolute atomic E-state index is 11.6. The first-order valence-electron chi connectivity index (χ1n) is 6.70. The maximum Gasteiger partial charge on any atom is 0.224 e. The first kappa shape index (κ1) is 11.5. The fraction of sp³-hybridized carbons (Fsp3) is 0.500. The van der Waals surface area contributed by atoms with E-state index in [2.05, 4.69) is 27.7 Å². The van der Waals surface area contributed by atoms with Crippen LogP contribution in [0.4, 0.5) is 11.4 Å². The highest BCUT2D eigenvalue weighted by Gasteiger charge is 2.26. The van der Waals surface area contributed by atoms with E-state index >= 15 is 0 Å². The van der Waals surface area contributed by atoms with Crippen LogP contribution in [0.3, 0.4) is 0 Å². The average Bonchev–Trinajstić information content (AvgIpc) is 2.70. The largest absolute Gasteiger partial charge is 0.369 e. The topological polar surface area (TPSA) is 44.4 Å². The Morgan fingerprint density at radius 3 is 3.17 bits per heavy atom. The number of carbonyl (C=O) groups excluding carboxylic acids is 1. The van der Waals surface area contributed by atoms with Gasteiger partial charge >= 0.3 is 0 Å². The van der Waals surface area contributed by atoms with Crippen molar-refractivity contribution in [2.75, 3.05) is 29.9 Å². The van der Waals surface area contributed by atoms with Crippen LogP contribution in [-0.4, -0.2) is 25.5 Å². The fourth-order valence-corrected chi connectivity index (χ4v) is 2.85. The Hall–Kier alpha value is -1.55. The lowest BCUT2D eigenvalue weighted by molar-refractivity contribution is -0.115. The van der Waals surface area contributed by atoms with Crippen LogP contribution in [0, 0.1) is 0 Å². The molecule has 4 nitrogen and oxygen atoms in total. The third kappa shape index (κ3) is 1.86. The molecule has 0 saturated heterocycles. The molecule has 18 heavy (non-hydrogen) atoms. The molecule has 2 heterocycles. The minimum Gasteiger partial charge on any atom is -0.369 e. The van der Waals surface area contributed by atoms with Crippen LogP contribution >= 0.6 is 0 Å². The first-order chi connectivity index (χ1) is 8.79. The van der Waals surface area contributed by atoms with Crippen molar-refractivity contribution in [3.8, 4) is 0 Å². The van der Waals surface area contributed by atoms with Gasteiger partial charge in [-0.05, 0) is 18.1 Å². The molecule has 0 saturated carbocycles. The second-order valence-electron chi connectivity index (χ2n) is 4.91. The molecular weight excluding hydrogens is 226 g/mol. The van der Waals surface area contributed by atoms with Gasteiger partial charge in [-0.3, -0.25) is 4.79 Å². The van der Waals surface area contributed by atoms with Crippen LogP contribution in [0.1, 0.15) is 24.5 Å². The van der Waals surface area contributed by atoms with Crippen molar-refractivity contribution in [2.24, 2.45) is 0 Å². The number of hydrogen-bond donors (Lipinski definition) is 2. The van der Waals surface area contributed by atoms with Crippen LogP contribution in [-0.2, 0) is 17.8 Å². The number of anilines is 2. The molecule has 3 rings (SSSR count). The van der Waals surface area contributed by atoms with E-state index < -0.39 is 0 Å². The molecule has 0 radical (unpaired) electrons. The summed E-state index contributed by atoms with van der Waals surface area (Å²) in [5.74, 6) is 0.0939. The van der Waals surface area contributed by atoms with E-state index in [4.69, 9.17) is 0 Å². The molecule has 2 aliphatic heterocycles. The van der Waals surface area contributed by atoms with Gasteiger partial charge in [-0.1, -0.05) is 13.0 Å². The SMILES string of the molecule is CCC(=O)Nc1ccc2c3c1CCN3CCNC2. The summed E-state index contributed by atoms with van der Waals surface area (Å²) in [6, 6.07) is 4.19. The lowest BCUT2D eigenvalue weighted by Crippen LogP contribution is -2.27. The number of nitrogens with one attached hydrogen (secondary N) is 2. The molecule has 1 aromatic carbocycles. The summed E-state index contributed by atoms with van der Waals surface area (Å²) in [6.07, 6.45) is 1.57. The maximum atomic E-state index is 11.6. The van der Waals surface area contributed by atoms with E-state index in [0.29, 0.717) is 6.42 Å². The van der Waals surface area contributed by atoms with Gasteiger partial charge in [-0.2, -0.15) is 0 Å². The minimum atomic E-state index is 0.0939. The summed E-state index contributed by atoms with van der Waals surface area (Å²) in [5.41, 5.74) is 5.03. The second kappa shape index (κ2) is 4.61. The monoisotopic (exact) mass is 245 g/mol. The highest BCUT2D eigenvalue weighted by atomic mass is 16.1. The molecule has 0 spiro atoms. The van der Waals surface area contributed by atoms with Gasteiger partial charge in [0.15, 0.2) is 0 Å². The van der Waals surface area contributed by atoms with E-state index in [-0.39, 0.29) is 5.91 Å². The van der Waals surface area contributed by atoms with Gasteiger partial charge in [0.25, 0.3) is 0 Å². The number of rotatable bonds is 2. The Kier molecular flexibility index (Phi) is 2.96. The van der Waals surface area contributed by atoms with Crippen molar-refractivity contribution in [3.63, 3.8) is 0 Å². The Labute approximate surface area is 107 Å². The van der Waals surface area contributed by atoms with Gasteiger partial charge < -0.3 is 15.5 Å². The number of benzene rings is 1. The zero-order chi connectivity index (χ0) is 12.5. The molecule has 4 heteroatoms. The molecule has 96 valence electrons. The molecule has 1 amide bonds. The predicted octanol–water partition coefficient (Wildman–Crippen LogP) is 1.50. The van der Waals surface area contributed by atoms with E-state index in [1.807, 2.05) is 6.92 Å². The summed E-state index contributed by atoms with van der Waals surface area (Å²) >= 11 is 0. The Bertz CT molecular complexity index is 484.